The number of hydrogen-bond acceptors (Lipinski definition) is 3. The van der Waals surface area contributed by atoms with Crippen LogP contribution < -0.4 is 5.32 Å². The number of carbonyl (C=O) groups excluding carboxylic acids is 1. The lowest BCUT2D eigenvalue weighted by Gasteiger charge is -2.03. The molecule has 18 heavy (non-hydrogen) atoms. The minimum absolute atomic E-state index is 0.0321. The van der Waals surface area contributed by atoms with E-state index in [0.29, 0.717) is 11.4 Å². The average molecular weight is 282 g/mol. The van der Waals surface area contributed by atoms with Crippen molar-refractivity contribution in [2.75, 3.05) is 11.1 Å². The average Bonchev–Trinajstić information content (AvgIpc) is 2.84. The van der Waals surface area contributed by atoms with Crippen LogP contribution >= 0.6 is 23.4 Å². The van der Waals surface area contributed by atoms with Gasteiger partial charge in [-0.05, 0) is 17.7 Å². The number of carbonyl (C=O) groups is 1. The van der Waals surface area contributed by atoms with E-state index in [1.165, 1.54) is 0 Å². The van der Waals surface area contributed by atoms with Gasteiger partial charge in [0.2, 0.25) is 5.91 Å². The first kappa shape index (κ1) is 13.0. The van der Waals surface area contributed by atoms with E-state index >= 15 is 0 Å². The van der Waals surface area contributed by atoms with Gasteiger partial charge >= 0.3 is 0 Å². The summed E-state index contributed by atoms with van der Waals surface area (Å²) in [5.74, 6) is 1.17. The van der Waals surface area contributed by atoms with Crippen LogP contribution in [-0.2, 0) is 10.5 Å². The summed E-state index contributed by atoms with van der Waals surface area (Å²) in [7, 11) is 0. The largest absolute Gasteiger partial charge is 0.323 e. The number of rotatable bonds is 5. The van der Waals surface area contributed by atoms with Crippen LogP contribution in [0.25, 0.3) is 0 Å². The molecule has 6 heteroatoms. The van der Waals surface area contributed by atoms with Crippen molar-refractivity contribution >= 4 is 35.0 Å². The molecule has 0 spiro atoms. The maximum Gasteiger partial charge on any atom is 0.234 e. The molecule has 0 bridgehead atoms. The normalized spacial score (nSPS) is 10.3. The van der Waals surface area contributed by atoms with Gasteiger partial charge in [-0.15, -0.1) is 11.8 Å². The fourth-order valence-electron chi connectivity index (χ4n) is 1.36. The van der Waals surface area contributed by atoms with Gasteiger partial charge in [0.05, 0.1) is 17.6 Å². The Morgan fingerprint density at radius 1 is 1.39 bits per heavy atom. The zero-order valence-corrected chi connectivity index (χ0v) is 11.1. The number of aromatic amines is 1. The van der Waals surface area contributed by atoms with Gasteiger partial charge in [0, 0.05) is 17.0 Å². The number of nitrogens with one attached hydrogen (secondary N) is 2. The van der Waals surface area contributed by atoms with Gasteiger partial charge in [0.1, 0.15) is 0 Å². The number of hydrogen-bond donors (Lipinski definition) is 2. The first-order chi connectivity index (χ1) is 8.74. The molecule has 0 aliphatic heterocycles. The van der Waals surface area contributed by atoms with Gasteiger partial charge in [-0.1, -0.05) is 23.7 Å². The van der Waals surface area contributed by atoms with Crippen LogP contribution in [0.1, 0.15) is 5.56 Å². The monoisotopic (exact) mass is 281 g/mol. The van der Waals surface area contributed by atoms with Gasteiger partial charge in [0.25, 0.3) is 0 Å². The highest BCUT2D eigenvalue weighted by Gasteiger charge is 2.03. The Kier molecular flexibility index (Phi) is 4.66. The van der Waals surface area contributed by atoms with E-state index in [-0.39, 0.29) is 5.91 Å². The molecule has 2 N–H and O–H groups in total. The lowest BCUT2D eigenvalue weighted by atomic mass is 10.2. The number of halogens is 1. The fourth-order valence-corrected chi connectivity index (χ4v) is 2.27. The Hall–Kier alpha value is -1.46. The molecule has 0 aliphatic rings. The molecule has 0 atom stereocenters. The maximum atomic E-state index is 11.6. The summed E-state index contributed by atoms with van der Waals surface area (Å²) in [5.41, 5.74) is 1.84. The standard InChI is InChI=1S/C12H12ClN3OS/c13-10-3-1-9(2-4-10)7-18-8-12(17)16-11-5-14-15-6-11/h1-6H,7-8H2,(H,14,15)(H,16,17). The molecular formula is C12H12ClN3OS. The zero-order chi connectivity index (χ0) is 12.8. The van der Waals surface area contributed by atoms with Crippen LogP contribution in [0.2, 0.25) is 5.02 Å². The molecule has 94 valence electrons. The Balaban J connectivity index is 1.72. The molecular weight excluding hydrogens is 270 g/mol. The molecule has 0 saturated heterocycles. The van der Waals surface area contributed by atoms with Gasteiger partial charge < -0.3 is 5.32 Å². The number of aromatic nitrogens is 2. The van der Waals surface area contributed by atoms with Crippen LogP contribution in [0, 0.1) is 0 Å². The van der Waals surface area contributed by atoms with Crippen LogP contribution in [-0.4, -0.2) is 21.9 Å². The molecule has 0 unspecified atom stereocenters. The quantitative estimate of drug-likeness (QED) is 0.886. The topological polar surface area (TPSA) is 57.8 Å². The lowest BCUT2D eigenvalue weighted by molar-refractivity contribution is -0.113. The minimum atomic E-state index is -0.0321. The van der Waals surface area contributed by atoms with Gasteiger partial charge in [0.15, 0.2) is 0 Å². The van der Waals surface area contributed by atoms with Crippen molar-refractivity contribution in [2.24, 2.45) is 0 Å². The highest BCUT2D eigenvalue weighted by atomic mass is 35.5. The molecule has 0 saturated carbocycles. The van der Waals surface area contributed by atoms with Crippen molar-refractivity contribution in [3.63, 3.8) is 0 Å². The van der Waals surface area contributed by atoms with Gasteiger partial charge in [-0.3, -0.25) is 9.89 Å². The second kappa shape index (κ2) is 6.47. The number of nitrogens with zero attached hydrogens (tertiary/aromatic N) is 1. The molecule has 1 heterocycles. The highest BCUT2D eigenvalue weighted by Crippen LogP contribution is 2.15. The predicted molar refractivity (Wildman–Crippen MR) is 74.8 cm³/mol. The van der Waals surface area contributed by atoms with Crippen molar-refractivity contribution in [3.8, 4) is 0 Å². The summed E-state index contributed by atoms with van der Waals surface area (Å²) in [6.07, 6.45) is 3.21. The fraction of sp³-hybridized carbons (Fsp3) is 0.167. The number of anilines is 1. The summed E-state index contributed by atoms with van der Waals surface area (Å²) in [6.45, 7) is 0. The summed E-state index contributed by atoms with van der Waals surface area (Å²) in [6, 6.07) is 7.62. The second-order valence-electron chi connectivity index (χ2n) is 3.65. The van der Waals surface area contributed by atoms with E-state index in [2.05, 4.69) is 15.5 Å². The highest BCUT2D eigenvalue weighted by molar-refractivity contribution is 7.99. The summed E-state index contributed by atoms with van der Waals surface area (Å²) in [5, 5.41) is 9.86. The van der Waals surface area contributed by atoms with Crippen molar-refractivity contribution in [1.82, 2.24) is 10.2 Å². The third-order valence-corrected chi connectivity index (χ3v) is 3.45. The van der Waals surface area contributed by atoms with Crippen LogP contribution in [0.5, 0.6) is 0 Å². The maximum absolute atomic E-state index is 11.6. The smallest absolute Gasteiger partial charge is 0.234 e. The van der Waals surface area contributed by atoms with E-state index in [4.69, 9.17) is 11.6 Å². The third-order valence-electron chi connectivity index (χ3n) is 2.20. The van der Waals surface area contributed by atoms with Crippen LogP contribution in [0.15, 0.2) is 36.7 Å². The predicted octanol–water partition coefficient (Wildman–Crippen LogP) is 2.93. The van der Waals surface area contributed by atoms with Crippen LogP contribution in [0.3, 0.4) is 0 Å². The van der Waals surface area contributed by atoms with Gasteiger partial charge in [-0.25, -0.2) is 0 Å². The molecule has 2 aromatic rings. The first-order valence-electron chi connectivity index (χ1n) is 5.35. The second-order valence-corrected chi connectivity index (χ2v) is 5.08. The Labute approximate surface area is 114 Å². The van der Waals surface area contributed by atoms with Crippen molar-refractivity contribution < 1.29 is 4.79 Å². The SMILES string of the molecule is O=C(CSCc1ccc(Cl)cc1)Nc1cn[nH]c1. The van der Waals surface area contributed by atoms with Crippen molar-refractivity contribution in [3.05, 3.63) is 47.2 Å². The van der Waals surface area contributed by atoms with E-state index in [9.17, 15) is 4.79 Å². The van der Waals surface area contributed by atoms with E-state index < -0.39 is 0 Å². The van der Waals surface area contributed by atoms with E-state index in [1.54, 1.807) is 24.2 Å². The number of benzene rings is 1. The Morgan fingerprint density at radius 2 is 2.17 bits per heavy atom. The molecule has 1 amide bonds. The van der Waals surface area contributed by atoms with Crippen molar-refractivity contribution in [2.45, 2.75) is 5.75 Å². The third kappa shape index (κ3) is 4.09. The van der Waals surface area contributed by atoms with E-state index in [0.717, 1.165) is 16.3 Å². The summed E-state index contributed by atoms with van der Waals surface area (Å²) in [4.78, 5) is 11.6. The molecule has 2 rings (SSSR count). The molecule has 1 aromatic carbocycles. The van der Waals surface area contributed by atoms with E-state index in [1.807, 2.05) is 24.3 Å². The molecule has 4 nitrogen and oxygen atoms in total. The molecule has 0 aliphatic carbocycles. The van der Waals surface area contributed by atoms with Crippen molar-refractivity contribution in [1.29, 1.82) is 0 Å². The number of thioether (sulfide) groups is 1. The molecule has 0 radical (unpaired) electrons. The Morgan fingerprint density at radius 3 is 2.83 bits per heavy atom. The first-order valence-corrected chi connectivity index (χ1v) is 6.88. The van der Waals surface area contributed by atoms with Gasteiger partial charge in [-0.2, -0.15) is 5.10 Å². The van der Waals surface area contributed by atoms with Crippen LogP contribution in [0.4, 0.5) is 5.69 Å². The number of H-pyrrole nitrogens is 1. The number of amides is 1. The zero-order valence-electron chi connectivity index (χ0n) is 9.52. The molecule has 1 aromatic heterocycles. The lowest BCUT2D eigenvalue weighted by Crippen LogP contribution is -2.13. The molecule has 0 fully saturated rings. The minimum Gasteiger partial charge on any atom is -0.323 e. The Bertz CT molecular complexity index is 499. The summed E-state index contributed by atoms with van der Waals surface area (Å²) < 4.78 is 0. The summed E-state index contributed by atoms with van der Waals surface area (Å²) >= 11 is 7.35.